The molecule has 1 saturated heterocycles. The van der Waals surface area contributed by atoms with Crippen LogP contribution in [0.25, 0.3) is 11.1 Å². The number of halogens is 1. The number of esters is 1. The van der Waals surface area contributed by atoms with Crippen LogP contribution in [0.15, 0.2) is 42.5 Å². The predicted molar refractivity (Wildman–Crippen MR) is 183 cm³/mol. The molecule has 8 heteroatoms. The molecule has 0 radical (unpaired) electrons. The topological polar surface area (TPSA) is 81.1 Å². The maximum absolute atomic E-state index is 13.8. The standard InChI is InChI=1S/C39H51FN2O5/c1-24(2)45-37(44)36(47-38(4,5)6)33-25(3)41-31(23-43)34(35(33)42-19-17-39(7,8)18-20-42)28-12-16-32-27(22-28)11-15-30(46-32)21-26-9-13-29(40)14-10-26/h9-10,12-14,16,22,24,30,36,43H,11,15,17-21,23H2,1-8H3/t30-,36?/m0/s1. The molecule has 0 saturated carbocycles. The summed E-state index contributed by atoms with van der Waals surface area (Å²) in [5.74, 6) is 0.133. The van der Waals surface area contributed by atoms with E-state index in [-0.39, 0.29) is 30.0 Å². The minimum absolute atomic E-state index is 0.00556. The maximum Gasteiger partial charge on any atom is 0.340 e. The number of hydrogen-bond acceptors (Lipinski definition) is 7. The molecule has 1 N–H and O–H groups in total. The number of carbonyl (C=O) groups is 1. The zero-order valence-electron chi connectivity index (χ0n) is 29.3. The van der Waals surface area contributed by atoms with Crippen molar-refractivity contribution in [3.63, 3.8) is 0 Å². The Morgan fingerprint density at radius 2 is 1.81 bits per heavy atom. The van der Waals surface area contributed by atoms with Crippen molar-refractivity contribution in [3.05, 3.63) is 76.4 Å². The Morgan fingerprint density at radius 1 is 1.13 bits per heavy atom. The van der Waals surface area contributed by atoms with Gasteiger partial charge in [0.05, 0.1) is 29.7 Å². The fraction of sp³-hybridized carbons (Fsp3) is 0.538. The summed E-state index contributed by atoms with van der Waals surface area (Å²) in [6.45, 7) is 17.3. The highest BCUT2D eigenvalue weighted by atomic mass is 19.1. The van der Waals surface area contributed by atoms with E-state index in [1.54, 1.807) is 0 Å². The Morgan fingerprint density at radius 3 is 2.43 bits per heavy atom. The van der Waals surface area contributed by atoms with E-state index in [1.165, 1.54) is 12.1 Å². The van der Waals surface area contributed by atoms with Crippen LogP contribution in [0.3, 0.4) is 0 Å². The van der Waals surface area contributed by atoms with Gasteiger partial charge < -0.3 is 24.2 Å². The molecule has 2 atom stereocenters. The molecule has 47 heavy (non-hydrogen) atoms. The Kier molecular flexibility index (Phi) is 10.3. The van der Waals surface area contributed by atoms with Gasteiger partial charge in [0.25, 0.3) is 0 Å². The predicted octanol–water partition coefficient (Wildman–Crippen LogP) is 8.06. The summed E-state index contributed by atoms with van der Waals surface area (Å²) >= 11 is 0. The average Bonchev–Trinajstić information content (AvgIpc) is 2.99. The zero-order valence-corrected chi connectivity index (χ0v) is 29.3. The molecule has 2 aliphatic rings. The van der Waals surface area contributed by atoms with E-state index in [4.69, 9.17) is 19.2 Å². The van der Waals surface area contributed by atoms with Crippen LogP contribution in [0.4, 0.5) is 10.1 Å². The highest BCUT2D eigenvalue weighted by Crippen LogP contribution is 2.46. The number of rotatable bonds is 9. The molecular weight excluding hydrogens is 595 g/mol. The Bertz CT molecular complexity index is 1570. The summed E-state index contributed by atoms with van der Waals surface area (Å²) in [6, 6.07) is 12.8. The second kappa shape index (κ2) is 13.9. The maximum atomic E-state index is 13.8. The lowest BCUT2D eigenvalue weighted by Gasteiger charge is -2.41. The number of piperidine rings is 1. The van der Waals surface area contributed by atoms with E-state index < -0.39 is 17.7 Å². The zero-order chi connectivity index (χ0) is 34.1. The molecule has 0 aliphatic carbocycles. The molecule has 0 amide bonds. The van der Waals surface area contributed by atoms with Gasteiger partial charge in [-0.05, 0) is 114 Å². The van der Waals surface area contributed by atoms with Crippen LogP contribution in [0.2, 0.25) is 0 Å². The van der Waals surface area contributed by atoms with Crippen molar-refractivity contribution in [1.29, 1.82) is 0 Å². The minimum Gasteiger partial charge on any atom is -0.490 e. The second-order valence-corrected chi connectivity index (χ2v) is 15.1. The molecule has 1 aromatic heterocycles. The third-order valence-corrected chi connectivity index (χ3v) is 9.11. The molecule has 3 heterocycles. The van der Waals surface area contributed by atoms with E-state index in [2.05, 4.69) is 24.8 Å². The van der Waals surface area contributed by atoms with E-state index in [0.717, 1.165) is 72.5 Å². The monoisotopic (exact) mass is 646 g/mol. The third kappa shape index (κ3) is 8.33. The summed E-state index contributed by atoms with van der Waals surface area (Å²) < 4.78 is 32.2. The molecule has 2 aromatic carbocycles. The molecule has 3 aromatic rings. The lowest BCUT2D eigenvalue weighted by atomic mass is 9.81. The van der Waals surface area contributed by atoms with E-state index >= 15 is 0 Å². The molecule has 2 aliphatic heterocycles. The van der Waals surface area contributed by atoms with Gasteiger partial charge in [-0.2, -0.15) is 0 Å². The van der Waals surface area contributed by atoms with Gasteiger partial charge in [-0.3, -0.25) is 4.98 Å². The Balaban J connectivity index is 1.62. The van der Waals surface area contributed by atoms with Gasteiger partial charge in [0, 0.05) is 36.3 Å². The lowest BCUT2D eigenvalue weighted by molar-refractivity contribution is -0.171. The number of fused-ring (bicyclic) bond motifs is 1. The largest absolute Gasteiger partial charge is 0.490 e. The number of pyridine rings is 1. The highest BCUT2D eigenvalue weighted by Gasteiger charge is 2.38. The molecule has 254 valence electrons. The van der Waals surface area contributed by atoms with Crippen molar-refractivity contribution < 1.29 is 28.5 Å². The molecule has 0 bridgehead atoms. The number of nitrogens with zero attached hydrogens (tertiary/aromatic N) is 2. The smallest absolute Gasteiger partial charge is 0.340 e. The second-order valence-electron chi connectivity index (χ2n) is 15.1. The van der Waals surface area contributed by atoms with E-state index in [1.807, 2.05) is 65.8 Å². The third-order valence-electron chi connectivity index (χ3n) is 9.11. The van der Waals surface area contributed by atoms with E-state index in [9.17, 15) is 14.3 Å². The number of aromatic nitrogens is 1. The first-order valence-electron chi connectivity index (χ1n) is 17.0. The molecule has 5 rings (SSSR count). The Hall–Kier alpha value is -3.49. The summed E-state index contributed by atoms with van der Waals surface area (Å²) in [6.07, 6.45) is 2.99. The number of aryl methyl sites for hydroxylation is 2. The summed E-state index contributed by atoms with van der Waals surface area (Å²) in [4.78, 5) is 21.1. The molecule has 0 spiro atoms. The van der Waals surface area contributed by atoms with Crippen molar-refractivity contribution in [1.82, 2.24) is 4.98 Å². The molecule has 1 unspecified atom stereocenters. The summed E-state index contributed by atoms with van der Waals surface area (Å²) in [5.41, 5.74) is 6.15. The van der Waals surface area contributed by atoms with Gasteiger partial charge in [-0.1, -0.05) is 32.0 Å². The normalized spacial score (nSPS) is 18.4. The number of ether oxygens (including phenoxy) is 3. The van der Waals surface area contributed by atoms with Crippen LogP contribution in [0, 0.1) is 18.2 Å². The minimum atomic E-state index is -1.01. The SMILES string of the molecule is Cc1nc(CO)c(-c2ccc3c(c2)CC[C@@H](Cc2ccc(F)cc2)O3)c(N2CCC(C)(C)CC2)c1C(OC(C)(C)C)C(=O)OC(C)C. The first-order chi connectivity index (χ1) is 22.1. The fourth-order valence-corrected chi connectivity index (χ4v) is 6.66. The molecular formula is C39H51FN2O5. The number of benzene rings is 2. The van der Waals surface area contributed by atoms with E-state index in [0.29, 0.717) is 23.4 Å². The van der Waals surface area contributed by atoms with Crippen molar-refractivity contribution in [3.8, 4) is 16.9 Å². The molecule has 1 fully saturated rings. The van der Waals surface area contributed by atoms with Gasteiger partial charge in [-0.15, -0.1) is 0 Å². The highest BCUT2D eigenvalue weighted by molar-refractivity contribution is 5.89. The number of carbonyl (C=O) groups excluding carboxylic acids is 1. The Labute approximate surface area is 279 Å². The van der Waals surface area contributed by atoms with Crippen LogP contribution in [-0.4, -0.2) is 47.0 Å². The van der Waals surface area contributed by atoms with Crippen molar-refractivity contribution in [2.75, 3.05) is 18.0 Å². The number of aliphatic hydroxyl groups is 1. The summed E-state index contributed by atoms with van der Waals surface area (Å²) in [7, 11) is 0. The first-order valence-corrected chi connectivity index (χ1v) is 17.0. The van der Waals surface area contributed by atoms with Gasteiger partial charge in [0.15, 0.2) is 6.10 Å². The van der Waals surface area contributed by atoms with Gasteiger partial charge in [0.1, 0.15) is 17.7 Å². The average molecular weight is 647 g/mol. The lowest BCUT2D eigenvalue weighted by Crippen LogP contribution is -2.39. The van der Waals surface area contributed by atoms with Crippen LogP contribution in [-0.2, 0) is 33.7 Å². The number of aliphatic hydroxyl groups excluding tert-OH is 1. The van der Waals surface area contributed by atoms with Crippen LogP contribution < -0.4 is 9.64 Å². The van der Waals surface area contributed by atoms with Crippen LogP contribution in [0.1, 0.15) is 102 Å². The van der Waals surface area contributed by atoms with Gasteiger partial charge >= 0.3 is 5.97 Å². The fourth-order valence-electron chi connectivity index (χ4n) is 6.66. The van der Waals surface area contributed by atoms with Crippen molar-refractivity contribution >= 4 is 11.7 Å². The quantitative estimate of drug-likeness (QED) is 0.236. The van der Waals surface area contributed by atoms with Crippen molar-refractivity contribution in [2.24, 2.45) is 5.41 Å². The van der Waals surface area contributed by atoms with Gasteiger partial charge in [-0.25, -0.2) is 9.18 Å². The molecule has 7 nitrogen and oxygen atoms in total. The number of anilines is 1. The first kappa shape index (κ1) is 34.8. The van der Waals surface area contributed by atoms with Crippen LogP contribution >= 0.6 is 0 Å². The van der Waals surface area contributed by atoms with Crippen LogP contribution in [0.5, 0.6) is 5.75 Å². The van der Waals surface area contributed by atoms with Crippen molar-refractivity contribution in [2.45, 2.75) is 118 Å². The summed E-state index contributed by atoms with van der Waals surface area (Å²) in [5, 5.41) is 10.7. The number of hydrogen-bond donors (Lipinski definition) is 1. The van der Waals surface area contributed by atoms with Gasteiger partial charge in [0.2, 0.25) is 0 Å².